The van der Waals surface area contributed by atoms with Gasteiger partial charge in [-0.3, -0.25) is 4.90 Å². The third kappa shape index (κ3) is 2.10. The van der Waals surface area contributed by atoms with Gasteiger partial charge in [0.15, 0.2) is 0 Å². The molecule has 13 heavy (non-hydrogen) atoms. The summed E-state index contributed by atoms with van der Waals surface area (Å²) in [6.07, 6.45) is 1.85. The maximum Gasteiger partial charge on any atom is 0.138 e. The molecule has 3 heteroatoms. The second kappa shape index (κ2) is 4.68. The van der Waals surface area contributed by atoms with E-state index in [1.165, 1.54) is 0 Å². The summed E-state index contributed by atoms with van der Waals surface area (Å²) in [6.45, 7) is 5.93. The summed E-state index contributed by atoms with van der Waals surface area (Å²) in [6, 6.07) is 6.04. The van der Waals surface area contributed by atoms with Crippen LogP contribution in [0.5, 0.6) is 0 Å². The molecule has 1 aromatic heterocycles. The second-order valence-electron chi connectivity index (χ2n) is 2.88. The van der Waals surface area contributed by atoms with Crippen molar-refractivity contribution in [3.63, 3.8) is 0 Å². The summed E-state index contributed by atoms with van der Waals surface area (Å²) in [5.41, 5.74) is 0.978. The molecule has 1 atom stereocenters. The fraction of sp³-hybridized carbons (Fsp3) is 0.500. The van der Waals surface area contributed by atoms with Crippen molar-refractivity contribution in [2.75, 3.05) is 13.1 Å². The second-order valence-corrected chi connectivity index (χ2v) is 2.88. The molecule has 0 fully saturated rings. The number of aromatic amines is 1. The number of H-pyrrole nitrogens is 1. The first-order valence-electron chi connectivity index (χ1n) is 4.60. The highest BCUT2D eigenvalue weighted by Gasteiger charge is 2.17. The Balaban J connectivity index is 2.80. The van der Waals surface area contributed by atoms with E-state index in [4.69, 9.17) is 5.26 Å². The fourth-order valence-corrected chi connectivity index (χ4v) is 1.45. The zero-order chi connectivity index (χ0) is 9.68. The Morgan fingerprint density at radius 3 is 2.62 bits per heavy atom. The Hall–Kier alpha value is -1.27. The molecular weight excluding hydrogens is 162 g/mol. The van der Waals surface area contributed by atoms with Crippen LogP contribution in [-0.2, 0) is 0 Å². The Morgan fingerprint density at radius 2 is 2.23 bits per heavy atom. The van der Waals surface area contributed by atoms with Crippen molar-refractivity contribution in [2.24, 2.45) is 0 Å². The third-order valence-corrected chi connectivity index (χ3v) is 2.22. The van der Waals surface area contributed by atoms with Crippen molar-refractivity contribution in [2.45, 2.75) is 19.9 Å². The Labute approximate surface area is 79.0 Å². The summed E-state index contributed by atoms with van der Waals surface area (Å²) < 4.78 is 0. The van der Waals surface area contributed by atoms with Gasteiger partial charge in [0, 0.05) is 11.9 Å². The highest BCUT2D eigenvalue weighted by Crippen LogP contribution is 2.16. The highest BCUT2D eigenvalue weighted by atomic mass is 15.2. The standard InChI is InChI=1S/C10H15N3/c1-3-13(4-2)10(8-11)9-6-5-7-12-9/h5-7,10,12H,3-4H2,1-2H3. The van der Waals surface area contributed by atoms with Crippen LogP contribution in [0.4, 0.5) is 0 Å². The summed E-state index contributed by atoms with van der Waals surface area (Å²) in [7, 11) is 0. The molecule has 1 N–H and O–H groups in total. The van der Waals surface area contributed by atoms with E-state index in [1.54, 1.807) is 0 Å². The van der Waals surface area contributed by atoms with Crippen LogP contribution in [0.25, 0.3) is 0 Å². The molecule has 1 heterocycles. The molecule has 1 rings (SSSR count). The molecule has 3 nitrogen and oxygen atoms in total. The van der Waals surface area contributed by atoms with E-state index in [1.807, 2.05) is 18.3 Å². The monoisotopic (exact) mass is 177 g/mol. The molecule has 0 aliphatic rings. The summed E-state index contributed by atoms with van der Waals surface area (Å²) in [5.74, 6) is 0. The first-order valence-corrected chi connectivity index (χ1v) is 4.60. The zero-order valence-corrected chi connectivity index (χ0v) is 8.12. The van der Waals surface area contributed by atoms with Crippen LogP contribution in [0.1, 0.15) is 25.6 Å². The molecule has 0 aliphatic carbocycles. The van der Waals surface area contributed by atoms with Crippen LogP contribution < -0.4 is 0 Å². The van der Waals surface area contributed by atoms with Crippen molar-refractivity contribution in [3.8, 4) is 6.07 Å². The van der Waals surface area contributed by atoms with Gasteiger partial charge in [-0.1, -0.05) is 13.8 Å². The van der Waals surface area contributed by atoms with E-state index in [0.29, 0.717) is 0 Å². The normalized spacial score (nSPS) is 12.8. The summed E-state index contributed by atoms with van der Waals surface area (Å²) >= 11 is 0. The molecule has 0 saturated carbocycles. The Kier molecular flexibility index (Phi) is 3.53. The first kappa shape index (κ1) is 9.82. The minimum atomic E-state index is -0.134. The lowest BCUT2D eigenvalue weighted by Crippen LogP contribution is -2.27. The van der Waals surface area contributed by atoms with E-state index >= 15 is 0 Å². The lowest BCUT2D eigenvalue weighted by molar-refractivity contribution is 0.259. The molecule has 70 valence electrons. The minimum absolute atomic E-state index is 0.134. The minimum Gasteiger partial charge on any atom is -0.363 e. The van der Waals surface area contributed by atoms with Gasteiger partial charge in [0.1, 0.15) is 6.04 Å². The Bertz CT molecular complexity index is 267. The molecule has 1 unspecified atom stereocenters. The van der Waals surface area contributed by atoms with Crippen LogP contribution in [0.15, 0.2) is 18.3 Å². The number of nitrogens with one attached hydrogen (secondary N) is 1. The van der Waals surface area contributed by atoms with Crippen molar-refractivity contribution in [1.82, 2.24) is 9.88 Å². The highest BCUT2D eigenvalue weighted by molar-refractivity contribution is 5.16. The van der Waals surface area contributed by atoms with Gasteiger partial charge in [-0.25, -0.2) is 0 Å². The van der Waals surface area contributed by atoms with E-state index < -0.39 is 0 Å². The van der Waals surface area contributed by atoms with Gasteiger partial charge in [-0.2, -0.15) is 5.26 Å². The average molecular weight is 177 g/mol. The molecule has 0 aromatic carbocycles. The topological polar surface area (TPSA) is 42.8 Å². The Morgan fingerprint density at radius 1 is 1.54 bits per heavy atom. The molecule has 0 spiro atoms. The van der Waals surface area contributed by atoms with Gasteiger partial charge >= 0.3 is 0 Å². The summed E-state index contributed by atoms with van der Waals surface area (Å²) in [5, 5.41) is 9.02. The number of nitriles is 1. The van der Waals surface area contributed by atoms with Gasteiger partial charge in [0.2, 0.25) is 0 Å². The number of nitrogens with zero attached hydrogens (tertiary/aromatic N) is 2. The number of aromatic nitrogens is 1. The molecule has 0 saturated heterocycles. The van der Waals surface area contributed by atoms with Crippen molar-refractivity contribution >= 4 is 0 Å². The molecule has 1 aromatic rings. The van der Waals surface area contributed by atoms with E-state index in [2.05, 4.69) is 29.8 Å². The molecule has 0 bridgehead atoms. The number of hydrogen-bond acceptors (Lipinski definition) is 2. The summed E-state index contributed by atoms with van der Waals surface area (Å²) in [4.78, 5) is 5.19. The lowest BCUT2D eigenvalue weighted by atomic mass is 10.2. The average Bonchev–Trinajstić information content (AvgIpc) is 2.66. The van der Waals surface area contributed by atoms with Crippen molar-refractivity contribution in [3.05, 3.63) is 24.0 Å². The SMILES string of the molecule is CCN(CC)C(C#N)c1ccc[nH]1. The zero-order valence-electron chi connectivity index (χ0n) is 8.12. The fourth-order valence-electron chi connectivity index (χ4n) is 1.45. The molecule has 0 aliphatic heterocycles. The third-order valence-electron chi connectivity index (χ3n) is 2.22. The van der Waals surface area contributed by atoms with Crippen molar-refractivity contribution < 1.29 is 0 Å². The maximum atomic E-state index is 9.02. The van der Waals surface area contributed by atoms with Gasteiger partial charge in [-0.05, 0) is 25.2 Å². The largest absolute Gasteiger partial charge is 0.363 e. The van der Waals surface area contributed by atoms with E-state index in [-0.39, 0.29) is 6.04 Å². The van der Waals surface area contributed by atoms with Crippen molar-refractivity contribution in [1.29, 1.82) is 5.26 Å². The van der Waals surface area contributed by atoms with Crippen LogP contribution in [0.2, 0.25) is 0 Å². The predicted octanol–water partition coefficient (Wildman–Crippen LogP) is 1.92. The molecule has 0 radical (unpaired) electrons. The van der Waals surface area contributed by atoms with Crippen LogP contribution >= 0.6 is 0 Å². The van der Waals surface area contributed by atoms with Crippen LogP contribution in [0.3, 0.4) is 0 Å². The molecular formula is C10H15N3. The van der Waals surface area contributed by atoms with Gasteiger partial charge in [0.25, 0.3) is 0 Å². The van der Waals surface area contributed by atoms with Crippen LogP contribution in [-0.4, -0.2) is 23.0 Å². The van der Waals surface area contributed by atoms with E-state index in [0.717, 1.165) is 18.8 Å². The number of rotatable bonds is 4. The van der Waals surface area contributed by atoms with Gasteiger partial charge in [-0.15, -0.1) is 0 Å². The quantitative estimate of drug-likeness (QED) is 0.763. The number of hydrogen-bond donors (Lipinski definition) is 1. The van der Waals surface area contributed by atoms with Gasteiger partial charge in [0.05, 0.1) is 6.07 Å². The first-order chi connectivity index (χ1) is 6.33. The molecule has 0 amide bonds. The predicted molar refractivity (Wildman–Crippen MR) is 52.1 cm³/mol. The lowest BCUT2D eigenvalue weighted by Gasteiger charge is -2.22. The van der Waals surface area contributed by atoms with Crippen LogP contribution in [0, 0.1) is 11.3 Å². The van der Waals surface area contributed by atoms with Gasteiger partial charge < -0.3 is 4.98 Å². The smallest absolute Gasteiger partial charge is 0.138 e. The maximum absolute atomic E-state index is 9.02. The van der Waals surface area contributed by atoms with E-state index in [9.17, 15) is 0 Å².